The molecule has 0 aliphatic carbocycles. The summed E-state index contributed by atoms with van der Waals surface area (Å²) < 4.78 is 73.1. The number of anilines is 1. The second-order valence-corrected chi connectivity index (χ2v) is 12.7. The molecule has 2 aromatic heterocycles. The number of carbonyl (C=O) groups excluding carboxylic acids is 1. The molecule has 41 heavy (non-hydrogen) atoms. The predicted octanol–water partition coefficient (Wildman–Crippen LogP) is 5.40. The Morgan fingerprint density at radius 3 is 2.39 bits per heavy atom. The molecule has 4 aromatic rings. The van der Waals surface area contributed by atoms with E-state index in [1.165, 1.54) is 27.6 Å². The molecule has 0 saturated carbocycles. The first-order valence-electron chi connectivity index (χ1n) is 13.2. The Kier molecular flexibility index (Phi) is 6.49. The molecule has 0 spiro atoms. The molecule has 0 N–H and O–H groups in total. The van der Waals surface area contributed by atoms with Crippen molar-refractivity contribution in [3.8, 4) is 11.1 Å². The fourth-order valence-corrected chi connectivity index (χ4v) is 6.95. The van der Waals surface area contributed by atoms with Crippen molar-refractivity contribution in [3.05, 3.63) is 65.3 Å². The van der Waals surface area contributed by atoms with Gasteiger partial charge in [0.1, 0.15) is 11.6 Å². The molecule has 0 radical (unpaired) electrons. The van der Waals surface area contributed by atoms with Gasteiger partial charge in [0.25, 0.3) is 0 Å². The molecule has 216 valence electrons. The zero-order valence-corrected chi connectivity index (χ0v) is 23.5. The highest BCUT2D eigenvalue weighted by atomic mass is 32.2. The number of hydrogen-bond donors (Lipinski definition) is 0. The minimum Gasteiger partial charge on any atom is -0.361 e. The molecule has 2 saturated heterocycles. The van der Waals surface area contributed by atoms with E-state index >= 15 is 0 Å². The second-order valence-electron chi connectivity index (χ2n) is 10.7. The maximum atomic E-state index is 13.2. The number of halogens is 3. The van der Waals surface area contributed by atoms with E-state index in [0.717, 1.165) is 34.5 Å². The smallest absolute Gasteiger partial charge is 0.361 e. The molecule has 2 atom stereocenters. The Bertz CT molecular complexity index is 1740. The van der Waals surface area contributed by atoms with E-state index in [0.29, 0.717) is 42.2 Å². The first-order valence-corrected chi connectivity index (χ1v) is 15.1. The van der Waals surface area contributed by atoms with E-state index < -0.39 is 27.8 Å². The van der Waals surface area contributed by atoms with E-state index in [2.05, 4.69) is 5.16 Å². The van der Waals surface area contributed by atoms with Crippen LogP contribution in [0.3, 0.4) is 0 Å². The number of imidazole rings is 1. The molecule has 2 aliphatic rings. The molecule has 13 heteroatoms. The second kappa shape index (κ2) is 9.69. The monoisotopic (exact) mass is 587 g/mol. The normalized spacial score (nSPS) is 20.5. The topological polar surface area (TPSA) is 102 Å². The van der Waals surface area contributed by atoms with Crippen molar-refractivity contribution in [2.75, 3.05) is 24.2 Å². The maximum absolute atomic E-state index is 13.2. The molecule has 4 heterocycles. The highest BCUT2D eigenvalue weighted by Crippen LogP contribution is 2.42. The van der Waals surface area contributed by atoms with Crippen molar-refractivity contribution in [1.82, 2.24) is 19.0 Å². The molecule has 2 fully saturated rings. The van der Waals surface area contributed by atoms with Gasteiger partial charge in [-0.3, -0.25) is 4.79 Å². The van der Waals surface area contributed by atoms with Gasteiger partial charge in [0, 0.05) is 30.8 Å². The lowest BCUT2D eigenvalue weighted by atomic mass is 10.0. The first-order chi connectivity index (χ1) is 19.3. The quantitative estimate of drug-likeness (QED) is 0.310. The lowest BCUT2D eigenvalue weighted by molar-refractivity contribution is -0.137. The van der Waals surface area contributed by atoms with Crippen molar-refractivity contribution in [2.45, 2.75) is 51.4 Å². The fraction of sp³-hybridized carbons (Fsp3) is 0.393. The third-order valence-corrected chi connectivity index (χ3v) is 9.25. The zero-order chi connectivity index (χ0) is 29.3. The average Bonchev–Trinajstić information content (AvgIpc) is 3.68. The van der Waals surface area contributed by atoms with Crippen molar-refractivity contribution < 1.29 is 30.9 Å². The van der Waals surface area contributed by atoms with Gasteiger partial charge in [0.15, 0.2) is 0 Å². The summed E-state index contributed by atoms with van der Waals surface area (Å²) in [6.45, 7) is 4.29. The van der Waals surface area contributed by atoms with Crippen molar-refractivity contribution in [2.24, 2.45) is 0 Å². The van der Waals surface area contributed by atoms with Crippen LogP contribution in [0.4, 0.5) is 18.9 Å². The van der Waals surface area contributed by atoms with E-state index in [4.69, 9.17) is 9.51 Å². The number of alkyl halides is 3. The van der Waals surface area contributed by atoms with Crippen LogP contribution >= 0.6 is 0 Å². The number of carbonyl (C=O) groups is 1. The Labute approximate surface area is 234 Å². The fourth-order valence-electron chi connectivity index (χ4n) is 6.07. The molecule has 9 nitrogen and oxygen atoms in total. The summed E-state index contributed by atoms with van der Waals surface area (Å²) in [6, 6.07) is 9.56. The van der Waals surface area contributed by atoms with E-state index in [9.17, 15) is 26.4 Å². The molecule has 2 unspecified atom stereocenters. The molecule has 2 aromatic carbocycles. The van der Waals surface area contributed by atoms with E-state index in [1.807, 2.05) is 36.6 Å². The van der Waals surface area contributed by atoms with Crippen LogP contribution in [0.2, 0.25) is 0 Å². The van der Waals surface area contributed by atoms with Crippen molar-refractivity contribution in [3.63, 3.8) is 0 Å². The number of hydrogen-bond acceptors (Lipinski definition) is 6. The van der Waals surface area contributed by atoms with Crippen molar-refractivity contribution >= 4 is 32.7 Å². The van der Waals surface area contributed by atoms with Crippen LogP contribution in [0.25, 0.3) is 22.2 Å². The maximum Gasteiger partial charge on any atom is 0.416 e. The van der Waals surface area contributed by atoms with Gasteiger partial charge in [-0.05, 0) is 68.7 Å². The summed E-state index contributed by atoms with van der Waals surface area (Å²) in [4.78, 5) is 19.6. The minimum absolute atomic E-state index is 0.208. The summed E-state index contributed by atoms with van der Waals surface area (Å²) in [5, 5.41) is 4.05. The van der Waals surface area contributed by atoms with Crippen molar-refractivity contribution in [1.29, 1.82) is 0 Å². The van der Waals surface area contributed by atoms with Crippen LogP contribution in [0.5, 0.6) is 0 Å². The van der Waals surface area contributed by atoms with E-state index in [-0.39, 0.29) is 24.9 Å². The number of fused-ring (bicyclic) bond motifs is 1. The summed E-state index contributed by atoms with van der Waals surface area (Å²) in [5.41, 5.74) is 3.44. The van der Waals surface area contributed by atoms with Gasteiger partial charge in [-0.1, -0.05) is 11.2 Å². The molecule has 1 amide bonds. The van der Waals surface area contributed by atoms with Crippen LogP contribution < -0.4 is 4.90 Å². The molecule has 0 bridgehead atoms. The predicted molar refractivity (Wildman–Crippen MR) is 146 cm³/mol. The van der Waals surface area contributed by atoms with Gasteiger partial charge in [0.2, 0.25) is 15.9 Å². The molecule has 6 rings (SSSR count). The summed E-state index contributed by atoms with van der Waals surface area (Å²) in [5.74, 6) is 1.02. The zero-order valence-electron chi connectivity index (χ0n) is 22.6. The Balaban J connectivity index is 1.48. The third-order valence-electron chi connectivity index (χ3n) is 7.98. The summed E-state index contributed by atoms with van der Waals surface area (Å²) in [7, 11) is -3.41. The Hall–Kier alpha value is -3.71. The minimum atomic E-state index is -4.49. The number of benzene rings is 2. The number of aromatic nitrogens is 3. The lowest BCUT2D eigenvalue weighted by Crippen LogP contribution is -2.31. The van der Waals surface area contributed by atoms with Crippen LogP contribution in [-0.4, -0.2) is 52.7 Å². The van der Waals surface area contributed by atoms with Gasteiger partial charge < -0.3 is 14.0 Å². The average molecular weight is 588 g/mol. The van der Waals surface area contributed by atoms with Gasteiger partial charge in [0.05, 0.1) is 40.6 Å². The summed E-state index contributed by atoms with van der Waals surface area (Å²) >= 11 is 0. The van der Waals surface area contributed by atoms with Crippen LogP contribution in [0, 0.1) is 13.8 Å². The standard InChI is InChI=1S/C28H28F3N5O4S/c1-16-26(17(2)40-33-16)18-4-9-23-22(14-18)32-27(36(23)21-12-13-34(15-21)41(3,38)39)24-10-11-25(37)35(24)20-7-5-19(6-8-20)28(29,30)31/h4-9,14,21,24H,10-13,15H2,1-3H3. The highest BCUT2D eigenvalue weighted by Gasteiger charge is 2.40. The Morgan fingerprint density at radius 1 is 1.05 bits per heavy atom. The van der Waals surface area contributed by atoms with Gasteiger partial charge in [-0.2, -0.15) is 13.2 Å². The largest absolute Gasteiger partial charge is 0.416 e. The Morgan fingerprint density at radius 2 is 1.78 bits per heavy atom. The number of aryl methyl sites for hydroxylation is 2. The highest BCUT2D eigenvalue weighted by molar-refractivity contribution is 7.88. The summed E-state index contributed by atoms with van der Waals surface area (Å²) in [6.07, 6.45) is -2.13. The van der Waals surface area contributed by atoms with E-state index in [1.54, 1.807) is 0 Å². The molecular formula is C28H28F3N5O4S. The number of nitrogens with zero attached hydrogens (tertiary/aromatic N) is 5. The van der Waals surface area contributed by atoms with Gasteiger partial charge in [-0.15, -0.1) is 0 Å². The number of rotatable bonds is 5. The SMILES string of the molecule is Cc1noc(C)c1-c1ccc2c(c1)nc(C1CCC(=O)N1c1ccc(C(F)(F)F)cc1)n2C1CCN(S(C)(=O)=O)C1. The number of sulfonamides is 1. The molecule has 2 aliphatic heterocycles. The van der Waals surface area contributed by atoms with Crippen LogP contribution in [0.1, 0.15) is 54.2 Å². The van der Waals surface area contributed by atoms with Gasteiger partial charge >= 0.3 is 6.18 Å². The van der Waals surface area contributed by atoms with Gasteiger partial charge in [-0.25, -0.2) is 17.7 Å². The van der Waals surface area contributed by atoms with Crippen LogP contribution in [0.15, 0.2) is 47.0 Å². The number of amides is 1. The van der Waals surface area contributed by atoms with Crippen LogP contribution in [-0.2, 0) is 21.0 Å². The first kappa shape index (κ1) is 27.5. The third kappa shape index (κ3) is 4.80. The molecular weight excluding hydrogens is 559 g/mol. The lowest BCUT2D eigenvalue weighted by Gasteiger charge is -2.27.